The molecule has 0 aromatic carbocycles. The number of nitrogens with two attached hydrogens (primary N) is 1. The van der Waals surface area contributed by atoms with E-state index in [0.717, 1.165) is 19.3 Å². The monoisotopic (exact) mass is 159 g/mol. The average molecular weight is 159 g/mol. The van der Waals surface area contributed by atoms with E-state index in [0.29, 0.717) is 5.92 Å². The van der Waals surface area contributed by atoms with Crippen LogP contribution in [0.1, 0.15) is 40.0 Å². The highest BCUT2D eigenvalue weighted by molar-refractivity contribution is 4.67. The van der Waals surface area contributed by atoms with Crippen LogP contribution in [0.5, 0.6) is 0 Å². The molecule has 0 bridgehead atoms. The van der Waals surface area contributed by atoms with Crippen molar-refractivity contribution >= 4 is 0 Å². The smallest absolute Gasteiger partial charge is 0.0552 e. The number of hydrogen-bond acceptors (Lipinski definition) is 2. The van der Waals surface area contributed by atoms with Crippen LogP contribution in [-0.2, 0) is 0 Å². The number of hydrogen-bond donors (Lipinski definition) is 2. The fourth-order valence-corrected chi connectivity index (χ4v) is 1.22. The fourth-order valence-electron chi connectivity index (χ4n) is 1.22. The largest absolute Gasteiger partial charge is 0.393 e. The van der Waals surface area contributed by atoms with Gasteiger partial charge >= 0.3 is 0 Å². The maximum atomic E-state index is 9.26. The van der Waals surface area contributed by atoms with Crippen molar-refractivity contribution < 1.29 is 5.11 Å². The average Bonchev–Trinajstić information content (AvgIpc) is 1.85. The SMILES string of the molecule is CCC(O)C[C@H](N)CC(C)C. The molecule has 1 unspecified atom stereocenters. The lowest BCUT2D eigenvalue weighted by molar-refractivity contribution is 0.148. The number of aliphatic hydroxyl groups excluding tert-OH is 1. The molecule has 3 N–H and O–H groups in total. The van der Waals surface area contributed by atoms with Gasteiger partial charge < -0.3 is 10.8 Å². The van der Waals surface area contributed by atoms with Gasteiger partial charge in [-0.3, -0.25) is 0 Å². The first-order chi connectivity index (χ1) is 5.06. The van der Waals surface area contributed by atoms with E-state index in [2.05, 4.69) is 13.8 Å². The molecular weight excluding hydrogens is 138 g/mol. The highest BCUT2D eigenvalue weighted by Crippen LogP contribution is 2.08. The zero-order valence-corrected chi connectivity index (χ0v) is 7.88. The van der Waals surface area contributed by atoms with Gasteiger partial charge in [-0.15, -0.1) is 0 Å². The second-order valence-corrected chi connectivity index (χ2v) is 3.69. The van der Waals surface area contributed by atoms with Gasteiger partial charge in [-0.1, -0.05) is 20.8 Å². The van der Waals surface area contributed by atoms with Crippen molar-refractivity contribution in [3.05, 3.63) is 0 Å². The molecule has 0 aromatic rings. The minimum absolute atomic E-state index is 0.171. The van der Waals surface area contributed by atoms with Gasteiger partial charge in [0.2, 0.25) is 0 Å². The molecule has 2 heteroatoms. The van der Waals surface area contributed by atoms with E-state index in [-0.39, 0.29) is 12.1 Å². The Labute approximate surface area is 69.8 Å². The lowest BCUT2D eigenvalue weighted by Crippen LogP contribution is -2.27. The first-order valence-corrected chi connectivity index (χ1v) is 4.49. The van der Waals surface area contributed by atoms with E-state index in [4.69, 9.17) is 5.73 Å². The summed E-state index contributed by atoms with van der Waals surface area (Å²) < 4.78 is 0. The van der Waals surface area contributed by atoms with E-state index in [1.807, 2.05) is 6.92 Å². The summed E-state index contributed by atoms with van der Waals surface area (Å²) in [5.74, 6) is 0.633. The molecule has 0 aromatic heterocycles. The molecule has 0 amide bonds. The minimum Gasteiger partial charge on any atom is -0.393 e. The predicted molar refractivity (Wildman–Crippen MR) is 48.3 cm³/mol. The summed E-state index contributed by atoms with van der Waals surface area (Å²) in [6, 6.07) is 0.171. The van der Waals surface area contributed by atoms with Crippen molar-refractivity contribution in [2.75, 3.05) is 0 Å². The van der Waals surface area contributed by atoms with E-state index in [1.54, 1.807) is 0 Å². The van der Waals surface area contributed by atoms with Gasteiger partial charge in [0.25, 0.3) is 0 Å². The van der Waals surface area contributed by atoms with Crippen LogP contribution in [0.3, 0.4) is 0 Å². The summed E-state index contributed by atoms with van der Waals surface area (Å²) in [6.45, 7) is 6.28. The Balaban J connectivity index is 3.43. The molecule has 11 heavy (non-hydrogen) atoms. The lowest BCUT2D eigenvalue weighted by atomic mass is 9.99. The molecule has 0 heterocycles. The maximum Gasteiger partial charge on any atom is 0.0552 e. The summed E-state index contributed by atoms with van der Waals surface area (Å²) in [6.07, 6.45) is 2.36. The highest BCUT2D eigenvalue weighted by atomic mass is 16.3. The molecule has 0 saturated carbocycles. The first-order valence-electron chi connectivity index (χ1n) is 4.49. The van der Waals surface area contributed by atoms with Crippen LogP contribution in [0, 0.1) is 5.92 Å². The van der Waals surface area contributed by atoms with Crippen LogP contribution in [0.15, 0.2) is 0 Å². The van der Waals surface area contributed by atoms with Crippen LogP contribution in [-0.4, -0.2) is 17.3 Å². The lowest BCUT2D eigenvalue weighted by Gasteiger charge is -2.16. The van der Waals surface area contributed by atoms with Crippen LogP contribution in [0.2, 0.25) is 0 Å². The fraction of sp³-hybridized carbons (Fsp3) is 1.00. The van der Waals surface area contributed by atoms with Gasteiger partial charge in [0, 0.05) is 6.04 Å². The Hall–Kier alpha value is -0.0800. The third-order valence-electron chi connectivity index (χ3n) is 1.82. The van der Waals surface area contributed by atoms with Gasteiger partial charge in [0.15, 0.2) is 0 Å². The summed E-state index contributed by atoms with van der Waals surface area (Å²) in [5.41, 5.74) is 5.79. The third kappa shape index (κ3) is 6.32. The molecule has 0 spiro atoms. The summed E-state index contributed by atoms with van der Waals surface area (Å²) in [4.78, 5) is 0. The van der Waals surface area contributed by atoms with E-state index in [1.165, 1.54) is 0 Å². The standard InChI is InChI=1S/C9H21NO/c1-4-9(11)6-8(10)5-7(2)3/h7-9,11H,4-6,10H2,1-3H3/t8-,9?/m1/s1. The predicted octanol–water partition coefficient (Wildman–Crippen LogP) is 1.52. The summed E-state index contributed by atoms with van der Waals surface area (Å²) in [5, 5.41) is 9.26. The Morgan fingerprint density at radius 2 is 1.82 bits per heavy atom. The molecule has 0 rings (SSSR count). The van der Waals surface area contributed by atoms with Crippen LogP contribution in [0.25, 0.3) is 0 Å². The normalized spacial score (nSPS) is 16.9. The zero-order valence-electron chi connectivity index (χ0n) is 7.88. The van der Waals surface area contributed by atoms with E-state index >= 15 is 0 Å². The molecule has 0 aliphatic carbocycles. The molecule has 0 aliphatic rings. The van der Waals surface area contributed by atoms with Gasteiger partial charge in [-0.25, -0.2) is 0 Å². The second-order valence-electron chi connectivity index (χ2n) is 3.69. The van der Waals surface area contributed by atoms with Crippen molar-refractivity contribution in [1.82, 2.24) is 0 Å². The van der Waals surface area contributed by atoms with Gasteiger partial charge in [-0.2, -0.15) is 0 Å². The molecular formula is C9H21NO. The number of aliphatic hydroxyl groups is 1. The molecule has 2 nitrogen and oxygen atoms in total. The van der Waals surface area contributed by atoms with Gasteiger partial charge in [0.05, 0.1) is 6.10 Å². The van der Waals surface area contributed by atoms with Crippen molar-refractivity contribution in [3.63, 3.8) is 0 Å². The van der Waals surface area contributed by atoms with Gasteiger partial charge in [-0.05, 0) is 25.2 Å². The molecule has 0 radical (unpaired) electrons. The number of rotatable bonds is 5. The Morgan fingerprint density at radius 1 is 1.27 bits per heavy atom. The Morgan fingerprint density at radius 3 is 2.18 bits per heavy atom. The molecule has 68 valence electrons. The van der Waals surface area contributed by atoms with Crippen molar-refractivity contribution in [2.24, 2.45) is 11.7 Å². The highest BCUT2D eigenvalue weighted by Gasteiger charge is 2.09. The Kier molecular flexibility index (Phi) is 5.51. The van der Waals surface area contributed by atoms with Crippen LogP contribution in [0.4, 0.5) is 0 Å². The molecule has 0 saturated heterocycles. The van der Waals surface area contributed by atoms with Crippen molar-refractivity contribution in [3.8, 4) is 0 Å². The van der Waals surface area contributed by atoms with Crippen molar-refractivity contribution in [1.29, 1.82) is 0 Å². The third-order valence-corrected chi connectivity index (χ3v) is 1.82. The van der Waals surface area contributed by atoms with E-state index in [9.17, 15) is 5.11 Å². The van der Waals surface area contributed by atoms with Gasteiger partial charge in [0.1, 0.15) is 0 Å². The maximum absolute atomic E-state index is 9.26. The summed E-state index contributed by atoms with van der Waals surface area (Å²) in [7, 11) is 0. The van der Waals surface area contributed by atoms with Crippen LogP contribution < -0.4 is 5.73 Å². The molecule has 0 fully saturated rings. The van der Waals surface area contributed by atoms with E-state index < -0.39 is 0 Å². The first kappa shape index (κ1) is 10.9. The minimum atomic E-state index is -0.205. The Bertz CT molecular complexity index is 93.6. The van der Waals surface area contributed by atoms with Crippen molar-refractivity contribution in [2.45, 2.75) is 52.2 Å². The summed E-state index contributed by atoms with van der Waals surface area (Å²) >= 11 is 0. The zero-order chi connectivity index (χ0) is 8.85. The molecule has 2 atom stereocenters. The second kappa shape index (κ2) is 5.56. The molecule has 0 aliphatic heterocycles. The van der Waals surface area contributed by atoms with Crippen LogP contribution >= 0.6 is 0 Å². The topological polar surface area (TPSA) is 46.2 Å². The quantitative estimate of drug-likeness (QED) is 0.639.